The number of imidazole rings is 1. The quantitative estimate of drug-likeness (QED) is 0.151. The Morgan fingerprint density at radius 2 is 1.77 bits per heavy atom. The molecule has 1 amide bonds. The van der Waals surface area contributed by atoms with Crippen molar-refractivity contribution >= 4 is 34.5 Å². The molecule has 5 rings (SSSR count). The van der Waals surface area contributed by atoms with Crippen LogP contribution >= 0.6 is 11.6 Å². The minimum Gasteiger partial charge on any atom is -0.496 e. The third kappa shape index (κ3) is 5.89. The molecule has 0 unspecified atom stereocenters. The molecule has 3 N–H and O–H groups in total. The van der Waals surface area contributed by atoms with E-state index in [0.717, 1.165) is 12.0 Å². The smallest absolute Gasteiger partial charge is 0.336 e. The largest absolute Gasteiger partial charge is 0.496 e. The van der Waals surface area contributed by atoms with Gasteiger partial charge in [-0.3, -0.25) is 4.79 Å². The lowest BCUT2D eigenvalue weighted by Gasteiger charge is -2.21. The molecular weight excluding hydrogens is 573 g/mol. The summed E-state index contributed by atoms with van der Waals surface area (Å²) in [5.74, 6) is -1.15. The first-order valence-electron chi connectivity index (χ1n) is 13.6. The second-order valence-electron chi connectivity index (χ2n) is 9.87. The van der Waals surface area contributed by atoms with E-state index in [1.54, 1.807) is 37.4 Å². The number of ether oxygens (including phenoxy) is 2. The number of aromatic amines is 1. The van der Waals surface area contributed by atoms with Crippen molar-refractivity contribution in [1.29, 1.82) is 0 Å². The molecule has 0 aliphatic heterocycles. The van der Waals surface area contributed by atoms with Gasteiger partial charge in [0.15, 0.2) is 11.6 Å². The number of benzene rings is 4. The van der Waals surface area contributed by atoms with Crippen molar-refractivity contribution < 1.29 is 28.6 Å². The Morgan fingerprint density at radius 1 is 1.00 bits per heavy atom. The zero-order valence-electron chi connectivity index (χ0n) is 23.7. The topological polar surface area (TPSA) is 114 Å². The maximum atomic E-state index is 14.3. The molecule has 1 atom stereocenters. The number of para-hydroxylation sites is 1. The van der Waals surface area contributed by atoms with Gasteiger partial charge in [-0.05, 0) is 36.2 Å². The maximum Gasteiger partial charge on any atom is 0.336 e. The van der Waals surface area contributed by atoms with E-state index in [9.17, 15) is 19.1 Å². The summed E-state index contributed by atoms with van der Waals surface area (Å²) in [5, 5.41) is 13.5. The van der Waals surface area contributed by atoms with Crippen LogP contribution in [0, 0.1) is 5.82 Å². The van der Waals surface area contributed by atoms with E-state index < -0.39 is 17.7 Å². The minimum absolute atomic E-state index is 0.0470. The number of aromatic nitrogens is 2. The summed E-state index contributed by atoms with van der Waals surface area (Å²) in [6.07, 6.45) is 1.46. The average molecular weight is 602 g/mol. The first-order valence-corrected chi connectivity index (χ1v) is 14.0. The van der Waals surface area contributed by atoms with Gasteiger partial charge in [-0.1, -0.05) is 61.3 Å². The number of amides is 1. The average Bonchev–Trinajstić information content (AvgIpc) is 3.42. The van der Waals surface area contributed by atoms with E-state index in [1.165, 1.54) is 25.3 Å². The molecule has 0 spiro atoms. The molecule has 4 aromatic carbocycles. The fraction of sp³-hybridized carbons (Fsp3) is 0.182. The number of carboxylic acid groups (broad SMARTS) is 1. The molecular formula is C33H29ClFN3O5. The van der Waals surface area contributed by atoms with Crippen molar-refractivity contribution in [3.05, 3.63) is 100 Å². The van der Waals surface area contributed by atoms with Crippen LogP contribution in [0.3, 0.4) is 0 Å². The molecule has 0 radical (unpaired) electrons. The van der Waals surface area contributed by atoms with Gasteiger partial charge in [-0.15, -0.1) is 0 Å². The van der Waals surface area contributed by atoms with Crippen LogP contribution in [0.15, 0.2) is 72.8 Å². The van der Waals surface area contributed by atoms with E-state index in [1.807, 2.05) is 31.2 Å². The van der Waals surface area contributed by atoms with Crippen molar-refractivity contribution in [2.75, 3.05) is 14.2 Å². The zero-order valence-corrected chi connectivity index (χ0v) is 24.5. The van der Waals surface area contributed by atoms with E-state index in [-0.39, 0.29) is 27.9 Å². The Labute approximate surface area is 252 Å². The standard InChI is InChI=1S/C33H29ClFN3O5/c1-4-8-25(20-9-5-6-12-28(20)42-2)38-32(39)18-13-14-19(22(15-18)33(40)41)30-21(10-7-11-23(30)34)31-36-26-16-24(35)29(43-3)17-27(26)37-31/h5-7,9-17,25H,4,8H2,1-3H3,(H,36,37)(H,38,39)(H,40,41)/t25-/m0/s1. The molecule has 5 aromatic rings. The van der Waals surface area contributed by atoms with Gasteiger partial charge in [-0.25, -0.2) is 14.2 Å². The molecule has 10 heteroatoms. The van der Waals surface area contributed by atoms with Gasteiger partial charge in [0.2, 0.25) is 0 Å². The summed E-state index contributed by atoms with van der Waals surface area (Å²) in [5.41, 5.74) is 2.98. The molecule has 0 fully saturated rings. The third-order valence-corrected chi connectivity index (χ3v) is 7.52. The summed E-state index contributed by atoms with van der Waals surface area (Å²) < 4.78 is 24.9. The number of nitrogens with zero attached hydrogens (tertiary/aromatic N) is 1. The van der Waals surface area contributed by atoms with E-state index in [2.05, 4.69) is 15.3 Å². The third-order valence-electron chi connectivity index (χ3n) is 7.20. The van der Waals surface area contributed by atoms with E-state index in [4.69, 9.17) is 21.1 Å². The number of hydrogen-bond donors (Lipinski definition) is 3. The number of aromatic carboxylic acids is 1. The number of nitrogens with one attached hydrogen (secondary N) is 2. The summed E-state index contributed by atoms with van der Waals surface area (Å²) in [6, 6.07) is 19.4. The van der Waals surface area contributed by atoms with Crippen LogP contribution < -0.4 is 14.8 Å². The predicted molar refractivity (Wildman–Crippen MR) is 164 cm³/mol. The van der Waals surface area contributed by atoms with Crippen molar-refractivity contribution in [3.63, 3.8) is 0 Å². The molecule has 0 aliphatic carbocycles. The Bertz CT molecular complexity index is 1840. The summed E-state index contributed by atoms with van der Waals surface area (Å²) in [4.78, 5) is 33.7. The Kier molecular flexibility index (Phi) is 8.63. The van der Waals surface area contributed by atoms with Crippen LogP contribution in [-0.2, 0) is 0 Å². The number of carbonyl (C=O) groups excluding carboxylic acids is 1. The predicted octanol–water partition coefficient (Wildman–Crippen LogP) is 7.68. The molecule has 43 heavy (non-hydrogen) atoms. The monoisotopic (exact) mass is 601 g/mol. The number of H-pyrrole nitrogens is 1. The SMILES string of the molecule is CCC[C@H](NC(=O)c1ccc(-c2c(Cl)cccc2-c2nc3cc(OC)c(F)cc3[nH]2)c(C(=O)O)c1)c1ccccc1OC. The summed E-state index contributed by atoms with van der Waals surface area (Å²) in [7, 11) is 2.94. The number of hydrogen-bond acceptors (Lipinski definition) is 5. The lowest BCUT2D eigenvalue weighted by molar-refractivity contribution is 0.0697. The van der Waals surface area contributed by atoms with Crippen LogP contribution in [-0.4, -0.2) is 41.2 Å². The maximum absolute atomic E-state index is 14.3. The molecule has 0 saturated heterocycles. The number of halogens is 2. The molecule has 0 saturated carbocycles. The Morgan fingerprint density at radius 3 is 2.49 bits per heavy atom. The van der Waals surface area contributed by atoms with Crippen molar-refractivity contribution in [1.82, 2.24) is 15.3 Å². The van der Waals surface area contributed by atoms with Crippen LogP contribution in [0.25, 0.3) is 33.5 Å². The highest BCUT2D eigenvalue weighted by molar-refractivity contribution is 6.34. The molecule has 220 valence electrons. The summed E-state index contributed by atoms with van der Waals surface area (Å²) in [6.45, 7) is 2.02. The van der Waals surface area contributed by atoms with Gasteiger partial charge >= 0.3 is 5.97 Å². The van der Waals surface area contributed by atoms with Crippen molar-refractivity contribution in [2.45, 2.75) is 25.8 Å². The second-order valence-corrected chi connectivity index (χ2v) is 10.3. The van der Waals surface area contributed by atoms with Gasteiger partial charge < -0.3 is 24.9 Å². The number of methoxy groups -OCH3 is 2. The van der Waals surface area contributed by atoms with Crippen molar-refractivity contribution in [3.8, 4) is 34.0 Å². The Balaban J connectivity index is 1.55. The highest BCUT2D eigenvalue weighted by Crippen LogP contribution is 2.40. The fourth-order valence-corrected chi connectivity index (χ4v) is 5.44. The molecule has 0 aliphatic rings. The minimum atomic E-state index is -1.23. The number of carboxylic acids is 1. The van der Waals surface area contributed by atoms with Gasteiger partial charge in [-0.2, -0.15) is 0 Å². The number of carbonyl (C=O) groups is 2. The van der Waals surface area contributed by atoms with Gasteiger partial charge in [0, 0.05) is 39.4 Å². The van der Waals surface area contributed by atoms with Gasteiger partial charge in [0.25, 0.3) is 5.91 Å². The number of fused-ring (bicyclic) bond motifs is 1. The first kappa shape index (κ1) is 29.6. The van der Waals surface area contributed by atoms with Gasteiger partial charge in [0.1, 0.15) is 11.6 Å². The van der Waals surface area contributed by atoms with Crippen LogP contribution in [0.2, 0.25) is 5.02 Å². The van der Waals surface area contributed by atoms with Gasteiger partial charge in [0.05, 0.1) is 36.9 Å². The molecule has 0 bridgehead atoms. The van der Waals surface area contributed by atoms with E-state index >= 15 is 0 Å². The van der Waals surface area contributed by atoms with Crippen molar-refractivity contribution in [2.24, 2.45) is 0 Å². The molecule has 8 nitrogen and oxygen atoms in total. The molecule has 1 heterocycles. The highest BCUT2D eigenvalue weighted by Gasteiger charge is 2.24. The van der Waals surface area contributed by atoms with Crippen LogP contribution in [0.4, 0.5) is 4.39 Å². The Hall–Kier alpha value is -4.89. The molecule has 1 aromatic heterocycles. The van der Waals surface area contributed by atoms with Crippen LogP contribution in [0.5, 0.6) is 11.5 Å². The normalized spacial score (nSPS) is 11.7. The lowest BCUT2D eigenvalue weighted by atomic mass is 9.93. The number of rotatable bonds is 10. The highest BCUT2D eigenvalue weighted by atomic mass is 35.5. The second kappa shape index (κ2) is 12.5. The van der Waals surface area contributed by atoms with E-state index in [0.29, 0.717) is 45.7 Å². The first-order chi connectivity index (χ1) is 20.7. The summed E-state index contributed by atoms with van der Waals surface area (Å²) >= 11 is 6.66. The van der Waals surface area contributed by atoms with Crippen LogP contribution in [0.1, 0.15) is 52.1 Å². The fourth-order valence-electron chi connectivity index (χ4n) is 5.16. The lowest BCUT2D eigenvalue weighted by Crippen LogP contribution is -2.29. The zero-order chi connectivity index (χ0) is 30.7.